The molecule has 2 atom stereocenters. The smallest absolute Gasteiger partial charge is 0.0259 e. The second-order valence-electron chi connectivity index (χ2n) is 5.58. The van der Waals surface area contributed by atoms with Gasteiger partial charge in [0, 0.05) is 37.0 Å². The Hall–Kier alpha value is 0.270. The van der Waals surface area contributed by atoms with Gasteiger partial charge in [0.2, 0.25) is 0 Å². The van der Waals surface area contributed by atoms with E-state index in [9.17, 15) is 0 Å². The minimum absolute atomic E-state index is 0.550. The summed E-state index contributed by atoms with van der Waals surface area (Å²) >= 11 is 2.19. The lowest BCUT2D eigenvalue weighted by atomic mass is 10.0. The molecule has 0 aliphatic carbocycles. The molecule has 16 heavy (non-hydrogen) atoms. The van der Waals surface area contributed by atoms with E-state index in [1.54, 1.807) is 0 Å². The van der Waals surface area contributed by atoms with Crippen LogP contribution in [0.25, 0.3) is 0 Å². The molecule has 2 heterocycles. The lowest BCUT2D eigenvalue weighted by Gasteiger charge is -2.38. The van der Waals surface area contributed by atoms with E-state index >= 15 is 0 Å². The normalized spacial score (nSPS) is 36.8. The second-order valence-corrected chi connectivity index (χ2v) is 7.26. The molecule has 0 aromatic carbocycles. The van der Waals surface area contributed by atoms with E-state index in [2.05, 4.69) is 35.8 Å². The molecule has 2 fully saturated rings. The summed E-state index contributed by atoms with van der Waals surface area (Å²) < 4.78 is 0.550. The molecule has 2 rings (SSSR count). The van der Waals surface area contributed by atoms with E-state index < -0.39 is 0 Å². The number of piperazine rings is 1. The van der Waals surface area contributed by atoms with Crippen LogP contribution in [0.15, 0.2) is 0 Å². The molecule has 2 saturated heterocycles. The first-order valence-electron chi connectivity index (χ1n) is 6.81. The van der Waals surface area contributed by atoms with Gasteiger partial charge in [-0.2, -0.15) is 11.8 Å². The maximum absolute atomic E-state index is 3.64. The van der Waals surface area contributed by atoms with Gasteiger partial charge in [0.15, 0.2) is 0 Å². The molecule has 0 radical (unpaired) electrons. The van der Waals surface area contributed by atoms with Crippen LogP contribution in [-0.4, -0.2) is 47.6 Å². The molecular weight excluding hydrogens is 216 g/mol. The van der Waals surface area contributed by atoms with Crippen molar-refractivity contribution in [2.45, 2.75) is 50.3 Å². The van der Waals surface area contributed by atoms with Gasteiger partial charge in [-0.3, -0.25) is 4.90 Å². The number of nitrogens with one attached hydrogen (secondary N) is 1. The molecule has 2 aliphatic heterocycles. The number of hydrogen-bond donors (Lipinski definition) is 1. The molecule has 0 aromatic heterocycles. The van der Waals surface area contributed by atoms with E-state index in [-0.39, 0.29) is 0 Å². The maximum atomic E-state index is 3.64. The van der Waals surface area contributed by atoms with Gasteiger partial charge in [0.1, 0.15) is 0 Å². The summed E-state index contributed by atoms with van der Waals surface area (Å²) in [7, 11) is 0. The van der Waals surface area contributed by atoms with Gasteiger partial charge in [-0.25, -0.2) is 0 Å². The number of rotatable bonds is 4. The van der Waals surface area contributed by atoms with Gasteiger partial charge in [-0.05, 0) is 31.9 Å². The van der Waals surface area contributed by atoms with Crippen molar-refractivity contribution in [1.29, 1.82) is 0 Å². The SMILES string of the molecule is CCCC1CN(CC2(C)CCCS2)CCN1. The summed E-state index contributed by atoms with van der Waals surface area (Å²) in [6.45, 7) is 9.75. The van der Waals surface area contributed by atoms with Crippen molar-refractivity contribution in [2.75, 3.05) is 31.9 Å². The zero-order chi connectivity index (χ0) is 11.4. The molecular formula is C13H26N2S. The van der Waals surface area contributed by atoms with Crippen LogP contribution in [-0.2, 0) is 0 Å². The van der Waals surface area contributed by atoms with Gasteiger partial charge < -0.3 is 5.32 Å². The van der Waals surface area contributed by atoms with E-state index in [1.165, 1.54) is 57.6 Å². The Morgan fingerprint density at radius 3 is 3.06 bits per heavy atom. The Morgan fingerprint density at radius 1 is 1.50 bits per heavy atom. The predicted molar refractivity (Wildman–Crippen MR) is 73.2 cm³/mol. The highest BCUT2D eigenvalue weighted by Crippen LogP contribution is 2.38. The third-order valence-electron chi connectivity index (χ3n) is 3.84. The Balaban J connectivity index is 1.80. The Morgan fingerprint density at radius 2 is 2.38 bits per heavy atom. The highest BCUT2D eigenvalue weighted by atomic mass is 32.2. The van der Waals surface area contributed by atoms with E-state index in [4.69, 9.17) is 0 Å². The van der Waals surface area contributed by atoms with E-state index in [1.807, 2.05) is 0 Å². The topological polar surface area (TPSA) is 15.3 Å². The number of thioether (sulfide) groups is 1. The Kier molecular flexibility index (Phi) is 4.57. The van der Waals surface area contributed by atoms with Crippen LogP contribution in [0.1, 0.15) is 39.5 Å². The maximum Gasteiger partial charge on any atom is 0.0259 e. The summed E-state index contributed by atoms with van der Waals surface area (Å²) in [5.41, 5.74) is 0. The van der Waals surface area contributed by atoms with Gasteiger partial charge in [0.05, 0.1) is 0 Å². The van der Waals surface area contributed by atoms with Crippen LogP contribution < -0.4 is 5.32 Å². The number of nitrogens with zero attached hydrogens (tertiary/aromatic N) is 1. The van der Waals surface area contributed by atoms with Gasteiger partial charge in [-0.15, -0.1) is 0 Å². The molecule has 1 N–H and O–H groups in total. The van der Waals surface area contributed by atoms with Gasteiger partial charge in [0.25, 0.3) is 0 Å². The molecule has 0 saturated carbocycles. The molecule has 94 valence electrons. The summed E-state index contributed by atoms with van der Waals surface area (Å²) in [4.78, 5) is 2.69. The van der Waals surface area contributed by atoms with Crippen LogP contribution in [0.2, 0.25) is 0 Å². The zero-order valence-corrected chi connectivity index (χ0v) is 11.6. The van der Waals surface area contributed by atoms with Gasteiger partial charge >= 0.3 is 0 Å². The van der Waals surface area contributed by atoms with Crippen molar-refractivity contribution in [3.63, 3.8) is 0 Å². The van der Waals surface area contributed by atoms with Crippen LogP contribution in [0, 0.1) is 0 Å². The van der Waals surface area contributed by atoms with Crippen molar-refractivity contribution < 1.29 is 0 Å². The standard InChI is InChI=1S/C13H26N2S/c1-3-5-12-10-15(8-7-14-12)11-13(2)6-4-9-16-13/h12,14H,3-11H2,1-2H3. The second kappa shape index (κ2) is 5.74. The summed E-state index contributed by atoms with van der Waals surface area (Å²) in [6, 6.07) is 0.744. The van der Waals surface area contributed by atoms with Crippen molar-refractivity contribution in [3.05, 3.63) is 0 Å². The third kappa shape index (κ3) is 3.38. The minimum Gasteiger partial charge on any atom is -0.311 e. The molecule has 0 amide bonds. The van der Waals surface area contributed by atoms with Gasteiger partial charge in [-0.1, -0.05) is 13.3 Å². The minimum atomic E-state index is 0.550. The van der Waals surface area contributed by atoms with Crippen molar-refractivity contribution >= 4 is 11.8 Å². The fourth-order valence-electron chi connectivity index (χ4n) is 3.01. The van der Waals surface area contributed by atoms with Crippen LogP contribution >= 0.6 is 11.8 Å². The van der Waals surface area contributed by atoms with Crippen LogP contribution in [0.4, 0.5) is 0 Å². The first-order chi connectivity index (χ1) is 7.72. The van der Waals surface area contributed by atoms with Crippen molar-refractivity contribution in [3.8, 4) is 0 Å². The summed E-state index contributed by atoms with van der Waals surface area (Å²) in [5, 5.41) is 3.64. The average molecular weight is 242 g/mol. The predicted octanol–water partition coefficient (Wildman–Crippen LogP) is 2.35. The van der Waals surface area contributed by atoms with Crippen LogP contribution in [0.3, 0.4) is 0 Å². The lowest BCUT2D eigenvalue weighted by Crippen LogP contribution is -2.53. The summed E-state index contributed by atoms with van der Waals surface area (Å²) in [6.07, 6.45) is 5.48. The van der Waals surface area contributed by atoms with Crippen molar-refractivity contribution in [2.24, 2.45) is 0 Å². The highest BCUT2D eigenvalue weighted by Gasteiger charge is 2.32. The zero-order valence-electron chi connectivity index (χ0n) is 10.8. The monoisotopic (exact) mass is 242 g/mol. The third-order valence-corrected chi connectivity index (χ3v) is 5.36. The lowest BCUT2D eigenvalue weighted by molar-refractivity contribution is 0.179. The van der Waals surface area contributed by atoms with Crippen LogP contribution in [0.5, 0.6) is 0 Å². The van der Waals surface area contributed by atoms with E-state index in [0.717, 1.165) is 6.04 Å². The first kappa shape index (κ1) is 12.7. The van der Waals surface area contributed by atoms with Crippen molar-refractivity contribution in [1.82, 2.24) is 10.2 Å². The molecule has 0 aromatic rings. The highest BCUT2D eigenvalue weighted by molar-refractivity contribution is 8.00. The Labute approximate surface area is 105 Å². The Bertz CT molecular complexity index is 212. The molecule has 2 aliphatic rings. The number of hydrogen-bond acceptors (Lipinski definition) is 3. The van der Waals surface area contributed by atoms with E-state index in [0.29, 0.717) is 4.75 Å². The summed E-state index contributed by atoms with van der Waals surface area (Å²) in [5.74, 6) is 1.38. The fraction of sp³-hybridized carbons (Fsp3) is 1.00. The first-order valence-corrected chi connectivity index (χ1v) is 7.80. The molecule has 3 heteroatoms. The molecule has 0 bridgehead atoms. The molecule has 0 spiro atoms. The molecule has 2 nitrogen and oxygen atoms in total. The fourth-order valence-corrected chi connectivity index (χ4v) is 4.36. The quantitative estimate of drug-likeness (QED) is 0.815. The average Bonchev–Trinajstić information content (AvgIpc) is 2.66. The largest absolute Gasteiger partial charge is 0.311 e. The molecule has 2 unspecified atom stereocenters.